The lowest BCUT2D eigenvalue weighted by Gasteiger charge is -2.09. The van der Waals surface area contributed by atoms with Gasteiger partial charge in [-0.2, -0.15) is 5.10 Å². The number of benzene rings is 1. The predicted molar refractivity (Wildman–Crippen MR) is 84.1 cm³/mol. The van der Waals surface area contributed by atoms with E-state index in [4.69, 9.17) is 0 Å². The number of hydrogen-bond donors (Lipinski definition) is 1. The molecule has 0 saturated carbocycles. The Morgan fingerprint density at radius 3 is 2.75 bits per heavy atom. The van der Waals surface area contributed by atoms with Gasteiger partial charge in [-0.15, -0.1) is 0 Å². The second-order valence-corrected chi connectivity index (χ2v) is 5.48. The molecule has 20 heavy (non-hydrogen) atoms. The van der Waals surface area contributed by atoms with Crippen LogP contribution in [0.15, 0.2) is 28.7 Å². The van der Waals surface area contributed by atoms with Gasteiger partial charge in [-0.25, -0.2) is 0 Å². The van der Waals surface area contributed by atoms with Crippen LogP contribution in [0, 0.1) is 6.92 Å². The number of carbonyl (C=O) groups is 1. The minimum atomic E-state index is -0.134. The molecule has 0 bridgehead atoms. The first-order valence-electron chi connectivity index (χ1n) is 6.69. The fraction of sp³-hybridized carbons (Fsp3) is 0.333. The molecule has 0 unspecified atom stereocenters. The molecule has 0 aliphatic carbocycles. The van der Waals surface area contributed by atoms with E-state index in [1.807, 2.05) is 45.0 Å². The van der Waals surface area contributed by atoms with Crippen LogP contribution in [0.1, 0.15) is 35.6 Å². The number of nitrogens with zero attached hydrogens (tertiary/aromatic N) is 2. The van der Waals surface area contributed by atoms with Gasteiger partial charge in [0.2, 0.25) is 0 Å². The zero-order chi connectivity index (χ0) is 14.7. The number of nitrogens with one attached hydrogen (secondary N) is 1. The Morgan fingerprint density at radius 2 is 2.10 bits per heavy atom. The number of aryl methyl sites for hydroxylation is 3. The lowest BCUT2D eigenvalue weighted by Crippen LogP contribution is -2.17. The minimum Gasteiger partial charge on any atom is -0.320 e. The van der Waals surface area contributed by atoms with Crippen molar-refractivity contribution in [3.8, 4) is 0 Å². The normalized spacial score (nSPS) is 10.6. The standard InChI is InChI=1S/C15H18BrN3O/c1-4-11-9-14(19(5-2)18-11)15(20)17-13-8-10(3)6-7-12(13)16/h6-9H,4-5H2,1-3H3,(H,17,20). The number of halogens is 1. The molecular formula is C15H18BrN3O. The highest BCUT2D eigenvalue weighted by molar-refractivity contribution is 9.10. The van der Waals surface area contributed by atoms with Gasteiger partial charge in [0.25, 0.3) is 5.91 Å². The van der Waals surface area contributed by atoms with E-state index in [2.05, 4.69) is 26.3 Å². The zero-order valence-corrected chi connectivity index (χ0v) is 13.5. The number of anilines is 1. The van der Waals surface area contributed by atoms with Gasteiger partial charge in [-0.1, -0.05) is 13.0 Å². The summed E-state index contributed by atoms with van der Waals surface area (Å²) in [6, 6.07) is 7.71. The summed E-state index contributed by atoms with van der Waals surface area (Å²) >= 11 is 3.45. The third-order valence-corrected chi connectivity index (χ3v) is 3.79. The highest BCUT2D eigenvalue weighted by atomic mass is 79.9. The van der Waals surface area contributed by atoms with Crippen molar-refractivity contribution < 1.29 is 4.79 Å². The molecule has 1 aromatic heterocycles. The number of carbonyl (C=O) groups excluding carboxylic acids is 1. The van der Waals surface area contributed by atoms with Crippen LogP contribution in [0.3, 0.4) is 0 Å². The molecule has 1 amide bonds. The molecular weight excluding hydrogens is 318 g/mol. The Hall–Kier alpha value is -1.62. The summed E-state index contributed by atoms with van der Waals surface area (Å²) in [5.74, 6) is -0.134. The maximum Gasteiger partial charge on any atom is 0.273 e. The predicted octanol–water partition coefficient (Wildman–Crippen LogP) is 3.79. The Labute approximate surface area is 127 Å². The van der Waals surface area contributed by atoms with Gasteiger partial charge in [0.05, 0.1) is 11.4 Å². The average Bonchev–Trinajstić information content (AvgIpc) is 2.86. The number of amides is 1. The van der Waals surface area contributed by atoms with E-state index < -0.39 is 0 Å². The van der Waals surface area contributed by atoms with Crippen LogP contribution in [0.4, 0.5) is 5.69 Å². The lowest BCUT2D eigenvalue weighted by molar-refractivity contribution is 0.101. The van der Waals surface area contributed by atoms with Crippen LogP contribution >= 0.6 is 15.9 Å². The topological polar surface area (TPSA) is 46.9 Å². The molecule has 2 rings (SSSR count). The van der Waals surface area contributed by atoms with E-state index in [9.17, 15) is 4.79 Å². The molecule has 0 saturated heterocycles. The summed E-state index contributed by atoms with van der Waals surface area (Å²) in [5.41, 5.74) is 3.40. The lowest BCUT2D eigenvalue weighted by atomic mass is 10.2. The summed E-state index contributed by atoms with van der Waals surface area (Å²) < 4.78 is 2.60. The largest absolute Gasteiger partial charge is 0.320 e. The second-order valence-electron chi connectivity index (χ2n) is 4.63. The van der Waals surface area contributed by atoms with E-state index in [1.54, 1.807) is 4.68 Å². The third kappa shape index (κ3) is 3.10. The van der Waals surface area contributed by atoms with Crippen molar-refractivity contribution in [2.45, 2.75) is 33.7 Å². The van der Waals surface area contributed by atoms with Crippen molar-refractivity contribution in [1.82, 2.24) is 9.78 Å². The smallest absolute Gasteiger partial charge is 0.273 e. The first-order valence-corrected chi connectivity index (χ1v) is 7.48. The van der Waals surface area contributed by atoms with Crippen molar-refractivity contribution in [2.75, 3.05) is 5.32 Å². The average molecular weight is 336 g/mol. The fourth-order valence-electron chi connectivity index (χ4n) is 1.99. The van der Waals surface area contributed by atoms with Crippen LogP contribution in [0.5, 0.6) is 0 Å². The monoisotopic (exact) mass is 335 g/mol. The van der Waals surface area contributed by atoms with Gasteiger partial charge in [0.15, 0.2) is 0 Å². The first-order chi connectivity index (χ1) is 9.55. The molecule has 1 aromatic carbocycles. The first kappa shape index (κ1) is 14.8. The second kappa shape index (κ2) is 6.22. The maximum absolute atomic E-state index is 12.4. The Kier molecular flexibility index (Phi) is 4.60. The van der Waals surface area contributed by atoms with Crippen molar-refractivity contribution in [1.29, 1.82) is 0 Å². The zero-order valence-electron chi connectivity index (χ0n) is 11.9. The van der Waals surface area contributed by atoms with E-state index in [-0.39, 0.29) is 5.91 Å². The maximum atomic E-state index is 12.4. The van der Waals surface area contributed by atoms with Gasteiger partial charge in [-0.3, -0.25) is 9.48 Å². The van der Waals surface area contributed by atoms with E-state index in [1.165, 1.54) is 0 Å². The van der Waals surface area contributed by atoms with Gasteiger partial charge in [0.1, 0.15) is 5.69 Å². The number of aromatic nitrogens is 2. The SMILES string of the molecule is CCc1cc(C(=O)Nc2cc(C)ccc2Br)n(CC)n1. The third-order valence-electron chi connectivity index (χ3n) is 3.10. The molecule has 0 atom stereocenters. The molecule has 0 aliphatic heterocycles. The van der Waals surface area contributed by atoms with Crippen molar-refractivity contribution in [3.05, 3.63) is 45.7 Å². The van der Waals surface area contributed by atoms with Gasteiger partial charge in [-0.05, 0) is 60.0 Å². The summed E-state index contributed by atoms with van der Waals surface area (Å²) in [6.45, 7) is 6.68. The van der Waals surface area contributed by atoms with Crippen LogP contribution < -0.4 is 5.32 Å². The fourth-order valence-corrected chi connectivity index (χ4v) is 2.33. The van der Waals surface area contributed by atoms with Crippen molar-refractivity contribution in [2.24, 2.45) is 0 Å². The summed E-state index contributed by atoms with van der Waals surface area (Å²) in [5, 5.41) is 7.33. The molecule has 4 nitrogen and oxygen atoms in total. The van der Waals surface area contributed by atoms with E-state index in [0.29, 0.717) is 12.2 Å². The van der Waals surface area contributed by atoms with Crippen molar-refractivity contribution in [3.63, 3.8) is 0 Å². The molecule has 0 radical (unpaired) electrons. The minimum absolute atomic E-state index is 0.134. The molecule has 5 heteroatoms. The molecule has 0 spiro atoms. The molecule has 0 aliphatic rings. The summed E-state index contributed by atoms with van der Waals surface area (Å²) in [6.07, 6.45) is 0.821. The van der Waals surface area contributed by atoms with Crippen LogP contribution in [0.25, 0.3) is 0 Å². The quantitative estimate of drug-likeness (QED) is 0.923. The highest BCUT2D eigenvalue weighted by Crippen LogP contribution is 2.24. The van der Waals surface area contributed by atoms with Crippen LogP contribution in [0.2, 0.25) is 0 Å². The number of hydrogen-bond acceptors (Lipinski definition) is 2. The molecule has 1 heterocycles. The number of rotatable bonds is 4. The van der Waals surface area contributed by atoms with E-state index in [0.717, 1.165) is 27.8 Å². The van der Waals surface area contributed by atoms with Crippen LogP contribution in [-0.4, -0.2) is 15.7 Å². The Morgan fingerprint density at radius 1 is 1.35 bits per heavy atom. The van der Waals surface area contributed by atoms with Crippen molar-refractivity contribution >= 4 is 27.5 Å². The van der Waals surface area contributed by atoms with Gasteiger partial charge < -0.3 is 5.32 Å². The molecule has 106 valence electrons. The summed E-state index contributed by atoms with van der Waals surface area (Å²) in [7, 11) is 0. The Balaban J connectivity index is 2.28. The molecule has 1 N–H and O–H groups in total. The molecule has 2 aromatic rings. The van der Waals surface area contributed by atoms with Crippen LogP contribution in [-0.2, 0) is 13.0 Å². The highest BCUT2D eigenvalue weighted by Gasteiger charge is 2.15. The van der Waals surface area contributed by atoms with Gasteiger partial charge >= 0.3 is 0 Å². The molecule has 0 fully saturated rings. The summed E-state index contributed by atoms with van der Waals surface area (Å²) in [4.78, 5) is 12.4. The Bertz CT molecular complexity index is 634. The van der Waals surface area contributed by atoms with Gasteiger partial charge in [0, 0.05) is 11.0 Å². The van der Waals surface area contributed by atoms with E-state index >= 15 is 0 Å².